The maximum Gasteiger partial charge on any atom is 0.197 e. The van der Waals surface area contributed by atoms with Crippen molar-refractivity contribution in [2.45, 2.75) is 25.3 Å². The van der Waals surface area contributed by atoms with Gasteiger partial charge < -0.3 is 10.9 Å². The first-order chi connectivity index (χ1) is 5.79. The SMILES string of the molecule is NC1CCCc2c1ccc[n+]2[O-]. The quantitative estimate of drug-likeness (QED) is 0.452. The van der Waals surface area contributed by atoms with Crippen molar-refractivity contribution in [2.75, 3.05) is 0 Å². The van der Waals surface area contributed by atoms with Crippen molar-refractivity contribution in [3.05, 3.63) is 34.8 Å². The van der Waals surface area contributed by atoms with Crippen molar-refractivity contribution in [3.8, 4) is 0 Å². The second-order valence-electron chi connectivity index (χ2n) is 3.23. The van der Waals surface area contributed by atoms with Crippen molar-refractivity contribution >= 4 is 0 Å². The second-order valence-corrected chi connectivity index (χ2v) is 3.23. The topological polar surface area (TPSA) is 53.0 Å². The standard InChI is InChI=1S/C9H12N2O/c10-8-4-1-5-9-7(8)3-2-6-11(9)12/h2-3,6,8H,1,4-5,10H2. The molecule has 0 fully saturated rings. The van der Waals surface area contributed by atoms with Gasteiger partial charge in [0.25, 0.3) is 0 Å². The monoisotopic (exact) mass is 164 g/mol. The highest BCUT2D eigenvalue weighted by atomic mass is 16.5. The molecule has 0 aliphatic heterocycles. The lowest BCUT2D eigenvalue weighted by Crippen LogP contribution is -2.36. The molecular weight excluding hydrogens is 152 g/mol. The fourth-order valence-corrected chi connectivity index (χ4v) is 1.78. The van der Waals surface area contributed by atoms with Gasteiger partial charge in [-0.1, -0.05) is 0 Å². The first kappa shape index (κ1) is 7.55. The van der Waals surface area contributed by atoms with E-state index in [0.29, 0.717) is 0 Å². The van der Waals surface area contributed by atoms with Gasteiger partial charge in [-0.05, 0) is 18.9 Å². The molecule has 2 N–H and O–H groups in total. The molecule has 0 amide bonds. The Morgan fingerprint density at radius 1 is 1.58 bits per heavy atom. The second kappa shape index (κ2) is 2.75. The number of fused-ring (bicyclic) bond motifs is 1. The number of aromatic nitrogens is 1. The van der Waals surface area contributed by atoms with Gasteiger partial charge in [0.1, 0.15) is 0 Å². The van der Waals surface area contributed by atoms with Gasteiger partial charge in [-0.3, -0.25) is 0 Å². The van der Waals surface area contributed by atoms with E-state index in [9.17, 15) is 5.21 Å². The molecule has 2 rings (SSSR count). The Balaban J connectivity index is 2.52. The highest BCUT2D eigenvalue weighted by Crippen LogP contribution is 2.24. The molecule has 0 aromatic carbocycles. The normalized spacial score (nSPS) is 21.9. The molecule has 12 heavy (non-hydrogen) atoms. The van der Waals surface area contributed by atoms with E-state index in [4.69, 9.17) is 5.73 Å². The first-order valence-electron chi connectivity index (χ1n) is 4.25. The molecule has 1 heterocycles. The third kappa shape index (κ3) is 1.06. The predicted molar refractivity (Wildman–Crippen MR) is 45.3 cm³/mol. The van der Waals surface area contributed by atoms with Crippen LogP contribution >= 0.6 is 0 Å². The Morgan fingerprint density at radius 2 is 2.42 bits per heavy atom. The zero-order valence-electron chi connectivity index (χ0n) is 6.86. The van der Waals surface area contributed by atoms with Gasteiger partial charge in [0.15, 0.2) is 11.9 Å². The zero-order chi connectivity index (χ0) is 8.55. The largest absolute Gasteiger partial charge is 0.618 e. The summed E-state index contributed by atoms with van der Waals surface area (Å²) in [5, 5.41) is 11.3. The van der Waals surface area contributed by atoms with Crippen molar-refractivity contribution in [1.82, 2.24) is 0 Å². The first-order valence-corrected chi connectivity index (χ1v) is 4.25. The van der Waals surface area contributed by atoms with Crippen LogP contribution in [-0.4, -0.2) is 0 Å². The molecular formula is C9H12N2O. The van der Waals surface area contributed by atoms with E-state index < -0.39 is 0 Å². The fourth-order valence-electron chi connectivity index (χ4n) is 1.78. The molecule has 64 valence electrons. The molecule has 1 aromatic rings. The predicted octanol–water partition coefficient (Wildman–Crippen LogP) is 0.656. The number of rotatable bonds is 0. The lowest BCUT2D eigenvalue weighted by molar-refractivity contribution is -0.615. The van der Waals surface area contributed by atoms with Crippen LogP contribution in [0.25, 0.3) is 0 Å². The van der Waals surface area contributed by atoms with Crippen LogP contribution in [0.3, 0.4) is 0 Å². The molecule has 0 bridgehead atoms. The highest BCUT2D eigenvalue weighted by molar-refractivity contribution is 5.22. The third-order valence-electron chi connectivity index (χ3n) is 2.42. The maximum absolute atomic E-state index is 11.3. The molecule has 0 saturated heterocycles. The molecule has 1 aromatic heterocycles. The van der Waals surface area contributed by atoms with Gasteiger partial charge in [0, 0.05) is 24.1 Å². The van der Waals surface area contributed by atoms with Gasteiger partial charge in [-0.25, -0.2) is 0 Å². The van der Waals surface area contributed by atoms with Crippen molar-refractivity contribution in [2.24, 2.45) is 5.73 Å². The van der Waals surface area contributed by atoms with E-state index in [1.807, 2.05) is 6.07 Å². The number of pyridine rings is 1. The van der Waals surface area contributed by atoms with E-state index in [2.05, 4.69) is 0 Å². The average molecular weight is 164 g/mol. The van der Waals surface area contributed by atoms with Crippen LogP contribution in [0, 0.1) is 5.21 Å². The Morgan fingerprint density at radius 3 is 3.17 bits per heavy atom. The summed E-state index contributed by atoms with van der Waals surface area (Å²) in [5.41, 5.74) is 7.75. The Bertz CT molecular complexity index is 299. The summed E-state index contributed by atoms with van der Waals surface area (Å²) in [5.74, 6) is 0. The van der Waals surface area contributed by atoms with E-state index in [-0.39, 0.29) is 6.04 Å². The average Bonchev–Trinajstić information content (AvgIpc) is 2.07. The molecule has 1 aliphatic carbocycles. The van der Waals surface area contributed by atoms with Crippen LogP contribution in [0.1, 0.15) is 30.1 Å². The minimum Gasteiger partial charge on any atom is -0.618 e. The van der Waals surface area contributed by atoms with Crippen LogP contribution in [0.4, 0.5) is 0 Å². The molecule has 0 spiro atoms. The van der Waals surface area contributed by atoms with Crippen molar-refractivity contribution < 1.29 is 4.73 Å². The van der Waals surface area contributed by atoms with E-state index in [1.165, 1.54) is 6.20 Å². The molecule has 3 heteroatoms. The van der Waals surface area contributed by atoms with Crippen molar-refractivity contribution in [1.29, 1.82) is 0 Å². The van der Waals surface area contributed by atoms with Gasteiger partial charge in [-0.15, -0.1) is 0 Å². The minimum atomic E-state index is 0.0650. The summed E-state index contributed by atoms with van der Waals surface area (Å²) in [6.07, 6.45) is 4.43. The third-order valence-corrected chi connectivity index (χ3v) is 2.42. The fraction of sp³-hybridized carbons (Fsp3) is 0.444. The molecule has 1 atom stereocenters. The summed E-state index contributed by atoms with van der Waals surface area (Å²) in [6.45, 7) is 0. The molecule has 0 radical (unpaired) electrons. The molecule has 1 unspecified atom stereocenters. The lowest BCUT2D eigenvalue weighted by Gasteiger charge is -2.19. The Labute approximate surface area is 71.4 Å². The number of nitrogens with two attached hydrogens (primary N) is 1. The van der Waals surface area contributed by atoms with Gasteiger partial charge in [0.2, 0.25) is 0 Å². The smallest absolute Gasteiger partial charge is 0.197 e. The minimum absolute atomic E-state index is 0.0650. The van der Waals surface area contributed by atoms with Crippen LogP contribution in [-0.2, 0) is 6.42 Å². The Hall–Kier alpha value is -1.09. The van der Waals surface area contributed by atoms with Crippen molar-refractivity contribution in [3.63, 3.8) is 0 Å². The number of hydrogen-bond acceptors (Lipinski definition) is 2. The number of nitrogens with zero attached hydrogens (tertiary/aromatic N) is 1. The van der Waals surface area contributed by atoms with Gasteiger partial charge in [0.05, 0.1) is 0 Å². The van der Waals surface area contributed by atoms with Gasteiger partial charge in [-0.2, -0.15) is 4.73 Å². The molecule has 0 saturated carbocycles. The number of hydrogen-bond donors (Lipinski definition) is 1. The summed E-state index contributed by atoms with van der Waals surface area (Å²) >= 11 is 0. The van der Waals surface area contributed by atoms with Crippen LogP contribution in [0.2, 0.25) is 0 Å². The summed E-state index contributed by atoms with van der Waals surface area (Å²) < 4.78 is 0.939. The van der Waals surface area contributed by atoms with Gasteiger partial charge >= 0.3 is 0 Å². The zero-order valence-corrected chi connectivity index (χ0v) is 6.86. The van der Waals surface area contributed by atoms with Crippen LogP contribution in [0.5, 0.6) is 0 Å². The van der Waals surface area contributed by atoms with E-state index in [0.717, 1.165) is 35.3 Å². The van der Waals surface area contributed by atoms with Crippen LogP contribution in [0.15, 0.2) is 18.3 Å². The highest BCUT2D eigenvalue weighted by Gasteiger charge is 2.22. The van der Waals surface area contributed by atoms with E-state index >= 15 is 0 Å². The molecule has 1 aliphatic rings. The Kier molecular flexibility index (Phi) is 1.73. The van der Waals surface area contributed by atoms with Crippen LogP contribution < -0.4 is 10.5 Å². The molecule has 3 nitrogen and oxygen atoms in total. The van der Waals surface area contributed by atoms with E-state index in [1.54, 1.807) is 6.07 Å². The lowest BCUT2D eigenvalue weighted by atomic mass is 9.92. The summed E-state index contributed by atoms with van der Waals surface area (Å²) in [4.78, 5) is 0. The summed E-state index contributed by atoms with van der Waals surface area (Å²) in [7, 11) is 0. The summed E-state index contributed by atoms with van der Waals surface area (Å²) in [6, 6.07) is 3.78. The maximum atomic E-state index is 11.3.